The summed E-state index contributed by atoms with van der Waals surface area (Å²) in [4.78, 5) is 59.6. The third-order valence-corrected chi connectivity index (χ3v) is 5.72. The van der Waals surface area contributed by atoms with Crippen molar-refractivity contribution in [3.05, 3.63) is 29.3 Å². The molecule has 0 aromatic heterocycles. The van der Waals surface area contributed by atoms with Crippen molar-refractivity contribution in [2.75, 3.05) is 6.54 Å². The third-order valence-electron chi connectivity index (χ3n) is 5.72. The van der Waals surface area contributed by atoms with E-state index in [0.29, 0.717) is 5.56 Å². The van der Waals surface area contributed by atoms with Crippen LogP contribution in [0.15, 0.2) is 18.2 Å². The number of carboxylic acids is 2. The van der Waals surface area contributed by atoms with Gasteiger partial charge >= 0.3 is 17.9 Å². The van der Waals surface area contributed by atoms with Crippen LogP contribution in [0.25, 0.3) is 0 Å². The zero-order valence-electron chi connectivity index (χ0n) is 20.8. The lowest BCUT2D eigenvalue weighted by molar-refractivity contribution is -0.271. The van der Waals surface area contributed by atoms with E-state index in [0.717, 1.165) is 0 Å². The number of carbonyl (C=O) groups is 5. The Morgan fingerprint density at radius 2 is 1.79 bits per heavy atom. The summed E-state index contributed by atoms with van der Waals surface area (Å²) in [6.45, 7) is 0.778. The average Bonchev–Trinajstić information content (AvgIpc) is 2.88. The number of carbonyl (C=O) groups excluding carboxylic acids is 3. The molecule has 0 spiro atoms. The minimum Gasteiger partial charge on any atom is -0.481 e. The Kier molecular flexibility index (Phi) is 11.4. The molecule has 39 heavy (non-hydrogen) atoms. The number of aliphatic carboxylic acids is 2. The number of benzene rings is 1. The molecule has 6 N–H and O–H groups in total. The van der Waals surface area contributed by atoms with Crippen molar-refractivity contribution in [1.29, 1.82) is 0 Å². The topological polar surface area (TPSA) is 226 Å². The smallest absolute Gasteiger partial charge is 0.335 e. The lowest BCUT2D eigenvalue weighted by atomic mass is 9.92. The van der Waals surface area contributed by atoms with E-state index < -0.39 is 79.1 Å². The van der Waals surface area contributed by atoms with Gasteiger partial charge in [0.15, 0.2) is 11.9 Å². The van der Waals surface area contributed by atoms with Crippen molar-refractivity contribution in [3.63, 3.8) is 0 Å². The molecule has 1 amide bonds. The Morgan fingerprint density at radius 1 is 1.10 bits per heavy atom. The number of ether oxygens (including phenoxy) is 3. The van der Waals surface area contributed by atoms with Crippen LogP contribution in [0, 0.1) is 18.3 Å². The predicted octanol–water partition coefficient (Wildman–Crippen LogP) is -1.18. The first-order chi connectivity index (χ1) is 18.3. The third kappa shape index (κ3) is 8.76. The summed E-state index contributed by atoms with van der Waals surface area (Å²) in [5.74, 6) is -3.98. The number of carboxylic acid groups (broad SMARTS) is 2. The van der Waals surface area contributed by atoms with Crippen LogP contribution >= 0.6 is 0 Å². The van der Waals surface area contributed by atoms with Crippen LogP contribution in [-0.4, -0.2) is 92.4 Å². The first kappa shape index (κ1) is 31.2. The van der Waals surface area contributed by atoms with E-state index in [1.165, 1.54) is 25.1 Å². The van der Waals surface area contributed by atoms with Gasteiger partial charge in [-0.15, -0.1) is 6.42 Å². The van der Waals surface area contributed by atoms with Crippen molar-refractivity contribution in [3.8, 4) is 18.1 Å². The van der Waals surface area contributed by atoms with Gasteiger partial charge < -0.3 is 45.1 Å². The Balaban J connectivity index is 2.40. The van der Waals surface area contributed by atoms with Crippen molar-refractivity contribution < 1.29 is 63.7 Å². The molecule has 0 bridgehead atoms. The molecule has 0 radical (unpaired) electrons. The highest BCUT2D eigenvalue weighted by molar-refractivity contribution is 6.01. The normalized spacial score (nSPS) is 23.1. The SMILES string of the molecule is C#CCNC(=O)[C@@H](CCC(=O)O)CC(=O)c1cc(COC(C)=O)ccc1O[C@@H]1O[C@H](C(=O)O)[C@@H](O)[C@H](O)[C@H]1O. The zero-order valence-corrected chi connectivity index (χ0v) is 20.8. The summed E-state index contributed by atoms with van der Waals surface area (Å²) in [6, 6.07) is 3.90. The highest BCUT2D eigenvalue weighted by atomic mass is 16.7. The van der Waals surface area contributed by atoms with E-state index >= 15 is 0 Å². The Labute approximate surface area is 222 Å². The number of nitrogens with one attached hydrogen (secondary N) is 1. The first-order valence-corrected chi connectivity index (χ1v) is 11.7. The second-order valence-corrected chi connectivity index (χ2v) is 8.64. The Hall–Kier alpha value is -4.03. The van der Waals surface area contributed by atoms with Crippen LogP contribution in [0.2, 0.25) is 0 Å². The van der Waals surface area contributed by atoms with Crippen LogP contribution < -0.4 is 10.1 Å². The molecule has 14 heteroatoms. The zero-order chi connectivity index (χ0) is 29.3. The summed E-state index contributed by atoms with van der Waals surface area (Å²) >= 11 is 0. The molecular formula is C25H29NO13. The maximum atomic E-state index is 13.4. The van der Waals surface area contributed by atoms with Crippen LogP contribution in [0.4, 0.5) is 0 Å². The standard InChI is InChI=1S/C25H29NO13/c1-3-8-26-23(34)14(5-7-18(29)30)10-16(28)15-9-13(11-37-12(2)27)4-6-17(15)38-25-21(33)19(31)20(32)22(39-25)24(35)36/h1,4,6,9,14,19-22,25,31-33H,5,7-8,10-11H2,2H3,(H,26,34)(H,29,30)(H,35,36)/t14-,19-,20-,21+,22-,25+/m0/s1. The maximum Gasteiger partial charge on any atom is 0.335 e. The van der Waals surface area contributed by atoms with Crippen molar-refractivity contribution in [1.82, 2.24) is 5.32 Å². The molecule has 1 heterocycles. The molecule has 6 atom stereocenters. The molecule has 1 aliphatic rings. The monoisotopic (exact) mass is 551 g/mol. The number of aliphatic hydroxyl groups is 3. The summed E-state index contributed by atoms with van der Waals surface area (Å²) in [7, 11) is 0. The van der Waals surface area contributed by atoms with Crippen LogP contribution in [0.5, 0.6) is 5.75 Å². The number of Topliss-reactive ketones (excluding diaryl/α,β-unsaturated/α-hetero) is 1. The summed E-state index contributed by atoms with van der Waals surface area (Å²) in [5, 5.41) is 51.0. The largest absolute Gasteiger partial charge is 0.481 e. The van der Waals surface area contributed by atoms with E-state index in [1.54, 1.807) is 0 Å². The lowest BCUT2D eigenvalue weighted by Crippen LogP contribution is -2.61. The van der Waals surface area contributed by atoms with Gasteiger partial charge in [0.2, 0.25) is 12.2 Å². The van der Waals surface area contributed by atoms with Gasteiger partial charge in [0.05, 0.1) is 12.1 Å². The molecule has 1 aromatic rings. The van der Waals surface area contributed by atoms with Crippen LogP contribution in [0.1, 0.15) is 42.1 Å². The van der Waals surface area contributed by atoms with Gasteiger partial charge in [-0.3, -0.25) is 19.2 Å². The fourth-order valence-corrected chi connectivity index (χ4v) is 3.69. The van der Waals surface area contributed by atoms with Gasteiger partial charge in [0.25, 0.3) is 0 Å². The number of terminal acetylenes is 1. The second kappa shape index (κ2) is 14.2. The van der Waals surface area contributed by atoms with Gasteiger partial charge in [-0.1, -0.05) is 12.0 Å². The number of ketones is 1. The fourth-order valence-electron chi connectivity index (χ4n) is 3.69. The molecular weight excluding hydrogens is 522 g/mol. The van der Waals surface area contributed by atoms with Gasteiger partial charge in [-0.2, -0.15) is 0 Å². The minimum atomic E-state index is -1.97. The molecule has 1 saturated heterocycles. The molecule has 0 unspecified atom stereocenters. The van der Waals surface area contributed by atoms with Gasteiger partial charge in [0.1, 0.15) is 30.7 Å². The van der Waals surface area contributed by atoms with Gasteiger partial charge in [0, 0.05) is 25.7 Å². The number of rotatable bonds is 13. The molecule has 0 aliphatic carbocycles. The first-order valence-electron chi connectivity index (χ1n) is 11.7. The van der Waals surface area contributed by atoms with Crippen LogP contribution in [-0.2, 0) is 35.3 Å². The summed E-state index contributed by atoms with van der Waals surface area (Å²) in [6.07, 6.45) is -5.62. The minimum absolute atomic E-state index is 0.154. The van der Waals surface area contributed by atoms with Gasteiger partial charge in [-0.05, 0) is 24.1 Å². The number of aliphatic hydroxyl groups excluding tert-OH is 3. The maximum absolute atomic E-state index is 13.4. The molecule has 1 aliphatic heterocycles. The Morgan fingerprint density at radius 3 is 2.38 bits per heavy atom. The van der Waals surface area contributed by atoms with Gasteiger partial charge in [-0.25, -0.2) is 4.79 Å². The van der Waals surface area contributed by atoms with Crippen molar-refractivity contribution in [2.24, 2.45) is 5.92 Å². The van der Waals surface area contributed by atoms with E-state index in [4.69, 9.17) is 25.7 Å². The molecule has 14 nitrogen and oxygen atoms in total. The molecule has 2 rings (SSSR count). The highest BCUT2D eigenvalue weighted by Gasteiger charge is 2.48. The highest BCUT2D eigenvalue weighted by Crippen LogP contribution is 2.30. The second-order valence-electron chi connectivity index (χ2n) is 8.64. The number of hydrogen-bond acceptors (Lipinski definition) is 11. The predicted molar refractivity (Wildman–Crippen MR) is 128 cm³/mol. The van der Waals surface area contributed by atoms with Crippen molar-refractivity contribution >= 4 is 29.6 Å². The molecule has 1 aromatic carbocycles. The van der Waals surface area contributed by atoms with E-state index in [-0.39, 0.29) is 30.9 Å². The summed E-state index contributed by atoms with van der Waals surface area (Å²) in [5.41, 5.74) is 0.122. The average molecular weight is 552 g/mol. The number of amides is 1. The quantitative estimate of drug-likeness (QED) is 0.0965. The van der Waals surface area contributed by atoms with Crippen molar-refractivity contribution in [2.45, 2.75) is 63.5 Å². The van der Waals surface area contributed by atoms with E-state index in [1.807, 2.05) is 0 Å². The summed E-state index contributed by atoms with van der Waals surface area (Å²) < 4.78 is 15.6. The van der Waals surface area contributed by atoms with E-state index in [9.17, 15) is 44.4 Å². The fraction of sp³-hybridized carbons (Fsp3) is 0.480. The lowest BCUT2D eigenvalue weighted by Gasteiger charge is -2.38. The molecule has 0 saturated carbocycles. The molecule has 1 fully saturated rings. The Bertz CT molecular complexity index is 1130. The molecule has 212 valence electrons. The van der Waals surface area contributed by atoms with Crippen LogP contribution in [0.3, 0.4) is 0 Å². The van der Waals surface area contributed by atoms with E-state index in [2.05, 4.69) is 11.2 Å². The number of esters is 1. The number of hydrogen-bond donors (Lipinski definition) is 6.